The molecule has 1 saturated heterocycles. The number of nitrogens with zero attached hydrogens (tertiary/aromatic N) is 2. The van der Waals surface area contributed by atoms with Gasteiger partial charge in [-0.2, -0.15) is 4.31 Å². The SMILES string of the molecule is O=S(=O)(Cc1ccccc1Cl)N1CCCC1c1ccncc1. The highest BCUT2D eigenvalue weighted by atomic mass is 35.5. The molecule has 6 heteroatoms. The third-order valence-corrected chi connectivity index (χ3v) is 6.14. The van der Waals surface area contributed by atoms with Crippen LogP contribution in [-0.4, -0.2) is 24.3 Å². The van der Waals surface area contributed by atoms with Crippen molar-refractivity contribution in [1.82, 2.24) is 9.29 Å². The van der Waals surface area contributed by atoms with Crippen LogP contribution in [0.25, 0.3) is 0 Å². The summed E-state index contributed by atoms with van der Waals surface area (Å²) in [5, 5.41) is 0.491. The van der Waals surface area contributed by atoms with E-state index in [9.17, 15) is 8.42 Å². The number of sulfonamides is 1. The Bertz CT molecular complexity index is 750. The zero-order chi connectivity index (χ0) is 15.6. The average Bonchev–Trinajstić information content (AvgIpc) is 3.01. The molecule has 2 aromatic rings. The maximum absolute atomic E-state index is 12.8. The summed E-state index contributed by atoms with van der Waals surface area (Å²) < 4.78 is 27.2. The van der Waals surface area contributed by atoms with E-state index in [1.165, 1.54) is 0 Å². The second kappa shape index (κ2) is 6.36. The molecule has 22 heavy (non-hydrogen) atoms. The summed E-state index contributed by atoms with van der Waals surface area (Å²) in [6.45, 7) is 0.555. The predicted octanol–water partition coefficient (Wildman–Crippen LogP) is 3.40. The molecule has 116 valence electrons. The molecule has 1 fully saturated rings. The summed E-state index contributed by atoms with van der Waals surface area (Å²) in [5.74, 6) is -0.0613. The molecular formula is C16H17ClN2O2S. The second-order valence-electron chi connectivity index (χ2n) is 5.40. The number of benzene rings is 1. The Hall–Kier alpha value is -1.43. The van der Waals surface area contributed by atoms with Gasteiger partial charge in [0, 0.05) is 30.0 Å². The van der Waals surface area contributed by atoms with Crippen molar-refractivity contribution in [3.8, 4) is 0 Å². The van der Waals surface area contributed by atoms with Gasteiger partial charge >= 0.3 is 0 Å². The van der Waals surface area contributed by atoms with Gasteiger partial charge in [0.1, 0.15) is 0 Å². The zero-order valence-corrected chi connectivity index (χ0v) is 13.6. The van der Waals surface area contributed by atoms with E-state index in [0.29, 0.717) is 17.1 Å². The maximum Gasteiger partial charge on any atom is 0.218 e. The quantitative estimate of drug-likeness (QED) is 0.859. The van der Waals surface area contributed by atoms with Gasteiger partial charge in [0.05, 0.1) is 5.75 Å². The third-order valence-electron chi connectivity index (χ3n) is 3.95. The van der Waals surface area contributed by atoms with E-state index >= 15 is 0 Å². The average molecular weight is 337 g/mol. The van der Waals surface area contributed by atoms with Gasteiger partial charge in [-0.05, 0) is 42.2 Å². The first-order valence-electron chi connectivity index (χ1n) is 7.21. The van der Waals surface area contributed by atoms with Gasteiger partial charge < -0.3 is 0 Å². The lowest BCUT2D eigenvalue weighted by Gasteiger charge is -2.24. The minimum atomic E-state index is -3.40. The van der Waals surface area contributed by atoms with E-state index in [1.807, 2.05) is 12.1 Å². The molecule has 1 atom stereocenters. The van der Waals surface area contributed by atoms with Crippen LogP contribution in [0.5, 0.6) is 0 Å². The number of halogens is 1. The van der Waals surface area contributed by atoms with Crippen LogP contribution in [0.3, 0.4) is 0 Å². The Balaban J connectivity index is 1.87. The van der Waals surface area contributed by atoms with E-state index in [1.54, 1.807) is 41.0 Å². The molecule has 1 aliphatic rings. The van der Waals surface area contributed by atoms with Gasteiger partial charge in [-0.25, -0.2) is 8.42 Å². The molecule has 0 N–H and O–H groups in total. The molecule has 0 aliphatic carbocycles. The molecule has 4 nitrogen and oxygen atoms in total. The van der Waals surface area contributed by atoms with Crippen molar-refractivity contribution >= 4 is 21.6 Å². The molecule has 1 unspecified atom stereocenters. The molecular weight excluding hydrogens is 320 g/mol. The lowest BCUT2D eigenvalue weighted by atomic mass is 10.1. The molecule has 0 saturated carbocycles. The number of hydrogen-bond donors (Lipinski definition) is 0. The molecule has 0 bridgehead atoms. The summed E-state index contributed by atoms with van der Waals surface area (Å²) in [4.78, 5) is 4.00. The van der Waals surface area contributed by atoms with Gasteiger partial charge in [-0.3, -0.25) is 4.98 Å². The van der Waals surface area contributed by atoms with Crippen molar-refractivity contribution in [2.24, 2.45) is 0 Å². The molecule has 0 radical (unpaired) electrons. The van der Waals surface area contributed by atoms with E-state index in [4.69, 9.17) is 11.6 Å². The van der Waals surface area contributed by atoms with Gasteiger partial charge in [0.15, 0.2) is 0 Å². The van der Waals surface area contributed by atoms with E-state index in [0.717, 1.165) is 18.4 Å². The molecule has 0 amide bonds. The Morgan fingerprint density at radius 2 is 1.91 bits per heavy atom. The molecule has 1 aromatic heterocycles. The van der Waals surface area contributed by atoms with E-state index < -0.39 is 10.0 Å². The van der Waals surface area contributed by atoms with Crippen LogP contribution in [-0.2, 0) is 15.8 Å². The number of aromatic nitrogens is 1. The van der Waals surface area contributed by atoms with Crippen LogP contribution in [0.4, 0.5) is 0 Å². The first-order valence-corrected chi connectivity index (χ1v) is 9.19. The maximum atomic E-state index is 12.8. The Labute approximate surface area is 135 Å². The number of hydrogen-bond acceptors (Lipinski definition) is 3. The van der Waals surface area contributed by atoms with Crippen LogP contribution in [0.2, 0.25) is 5.02 Å². The van der Waals surface area contributed by atoms with Crippen LogP contribution in [0, 0.1) is 0 Å². The fraction of sp³-hybridized carbons (Fsp3) is 0.312. The largest absolute Gasteiger partial charge is 0.265 e. The van der Waals surface area contributed by atoms with Crippen molar-refractivity contribution in [3.05, 3.63) is 64.9 Å². The van der Waals surface area contributed by atoms with Crippen LogP contribution in [0.15, 0.2) is 48.8 Å². The van der Waals surface area contributed by atoms with E-state index in [2.05, 4.69) is 4.98 Å². The summed E-state index contributed by atoms with van der Waals surface area (Å²) in [6.07, 6.45) is 5.11. The van der Waals surface area contributed by atoms with Crippen LogP contribution < -0.4 is 0 Å². The summed E-state index contributed by atoms with van der Waals surface area (Å²) >= 11 is 6.10. The van der Waals surface area contributed by atoms with Crippen molar-refractivity contribution in [1.29, 1.82) is 0 Å². The van der Waals surface area contributed by atoms with Crippen molar-refractivity contribution in [2.75, 3.05) is 6.54 Å². The van der Waals surface area contributed by atoms with Crippen molar-refractivity contribution in [3.63, 3.8) is 0 Å². The monoisotopic (exact) mass is 336 g/mol. The lowest BCUT2D eigenvalue weighted by molar-refractivity contribution is 0.396. The molecule has 2 heterocycles. The molecule has 0 spiro atoms. The van der Waals surface area contributed by atoms with Gasteiger partial charge in [0.25, 0.3) is 0 Å². The first-order chi connectivity index (χ1) is 10.6. The standard InChI is InChI=1S/C16H17ClN2O2S/c17-15-5-2-1-4-14(15)12-22(20,21)19-11-3-6-16(19)13-7-9-18-10-8-13/h1-2,4-5,7-10,16H,3,6,11-12H2. The number of rotatable bonds is 4. The molecule has 3 rings (SSSR count). The highest BCUT2D eigenvalue weighted by molar-refractivity contribution is 7.88. The number of pyridine rings is 1. The summed E-state index contributed by atoms with van der Waals surface area (Å²) in [5.41, 5.74) is 1.64. The van der Waals surface area contributed by atoms with Crippen molar-refractivity contribution in [2.45, 2.75) is 24.6 Å². The Morgan fingerprint density at radius 3 is 2.64 bits per heavy atom. The van der Waals surface area contributed by atoms with Gasteiger partial charge in [0.2, 0.25) is 10.0 Å². The normalized spacial score (nSPS) is 19.4. The second-order valence-corrected chi connectivity index (χ2v) is 7.73. The first kappa shape index (κ1) is 15.5. The third kappa shape index (κ3) is 3.16. The fourth-order valence-electron chi connectivity index (χ4n) is 2.89. The Morgan fingerprint density at radius 1 is 1.18 bits per heavy atom. The minimum absolute atomic E-state index is 0.0613. The smallest absolute Gasteiger partial charge is 0.218 e. The highest BCUT2D eigenvalue weighted by Gasteiger charge is 2.35. The van der Waals surface area contributed by atoms with E-state index in [-0.39, 0.29) is 11.8 Å². The van der Waals surface area contributed by atoms with Crippen LogP contribution >= 0.6 is 11.6 Å². The minimum Gasteiger partial charge on any atom is -0.265 e. The summed E-state index contributed by atoms with van der Waals surface area (Å²) in [7, 11) is -3.40. The predicted molar refractivity (Wildman–Crippen MR) is 87.0 cm³/mol. The fourth-order valence-corrected chi connectivity index (χ4v) is 5.00. The molecule has 1 aromatic carbocycles. The zero-order valence-electron chi connectivity index (χ0n) is 12.0. The topological polar surface area (TPSA) is 50.3 Å². The van der Waals surface area contributed by atoms with Gasteiger partial charge in [-0.15, -0.1) is 0 Å². The van der Waals surface area contributed by atoms with Crippen LogP contribution in [0.1, 0.15) is 30.0 Å². The van der Waals surface area contributed by atoms with Crippen molar-refractivity contribution < 1.29 is 8.42 Å². The van der Waals surface area contributed by atoms with Gasteiger partial charge in [-0.1, -0.05) is 29.8 Å². The summed E-state index contributed by atoms with van der Waals surface area (Å²) in [6, 6.07) is 10.8. The molecule has 1 aliphatic heterocycles. The lowest BCUT2D eigenvalue weighted by Crippen LogP contribution is -2.31. The highest BCUT2D eigenvalue weighted by Crippen LogP contribution is 2.35. The Kier molecular flexibility index (Phi) is 4.47.